The SMILES string of the molecule is COc1cccc(N2CCN(C(=O)[C@@H]3[C@@H](C(=O)O)[C@H]4C=C[C@H]3C4)CC2)c1. The number of amides is 1. The second-order valence-corrected chi connectivity index (χ2v) is 7.35. The van der Waals surface area contributed by atoms with Crippen LogP contribution >= 0.6 is 0 Å². The van der Waals surface area contributed by atoms with Crippen LogP contribution in [0.15, 0.2) is 36.4 Å². The third kappa shape index (κ3) is 2.83. The summed E-state index contributed by atoms with van der Waals surface area (Å²) in [6.45, 7) is 2.74. The molecule has 1 amide bonds. The largest absolute Gasteiger partial charge is 0.497 e. The fraction of sp³-hybridized carbons (Fsp3) is 0.500. The van der Waals surface area contributed by atoms with E-state index >= 15 is 0 Å². The third-order valence-corrected chi connectivity index (χ3v) is 6.04. The number of methoxy groups -OCH3 is 1. The number of ether oxygens (including phenoxy) is 1. The molecule has 2 fully saturated rings. The second kappa shape index (κ2) is 6.67. The number of rotatable bonds is 4. The van der Waals surface area contributed by atoms with Crippen molar-refractivity contribution < 1.29 is 19.4 Å². The molecule has 4 atom stereocenters. The van der Waals surface area contributed by atoms with Gasteiger partial charge in [0.1, 0.15) is 5.75 Å². The van der Waals surface area contributed by atoms with E-state index in [2.05, 4.69) is 4.90 Å². The zero-order valence-corrected chi connectivity index (χ0v) is 14.9. The van der Waals surface area contributed by atoms with Crippen LogP contribution in [-0.4, -0.2) is 55.2 Å². The molecule has 4 rings (SSSR count). The molecular weight excluding hydrogens is 332 g/mol. The van der Waals surface area contributed by atoms with Crippen molar-refractivity contribution in [3.63, 3.8) is 0 Å². The summed E-state index contributed by atoms with van der Waals surface area (Å²) in [5.41, 5.74) is 1.09. The van der Waals surface area contributed by atoms with Gasteiger partial charge in [0.05, 0.1) is 18.9 Å². The van der Waals surface area contributed by atoms with Crippen LogP contribution in [0.5, 0.6) is 5.75 Å². The quantitative estimate of drug-likeness (QED) is 0.834. The Morgan fingerprint density at radius 1 is 1.08 bits per heavy atom. The molecular formula is C20H24N2O4. The Kier molecular flexibility index (Phi) is 4.34. The maximum absolute atomic E-state index is 13.0. The average Bonchev–Trinajstić information content (AvgIpc) is 3.29. The number of carbonyl (C=O) groups excluding carboxylic acids is 1. The zero-order valence-electron chi connectivity index (χ0n) is 14.9. The van der Waals surface area contributed by atoms with Crippen molar-refractivity contribution in [2.45, 2.75) is 6.42 Å². The molecule has 0 radical (unpaired) electrons. The first-order valence-electron chi connectivity index (χ1n) is 9.17. The maximum atomic E-state index is 13.0. The van der Waals surface area contributed by atoms with Crippen molar-refractivity contribution in [3.05, 3.63) is 36.4 Å². The standard InChI is InChI=1S/C20H24N2O4/c1-26-16-4-2-3-15(12-16)21-7-9-22(10-8-21)19(23)17-13-5-6-14(11-13)18(17)20(24)25/h2-6,12-14,17-18H,7-11H2,1H3,(H,24,25)/t13-,14-,17-,18-/m0/s1. The summed E-state index contributed by atoms with van der Waals surface area (Å²) in [5.74, 6) is -0.858. The first-order chi connectivity index (χ1) is 12.6. The highest BCUT2D eigenvalue weighted by atomic mass is 16.5. The average molecular weight is 356 g/mol. The van der Waals surface area contributed by atoms with E-state index in [-0.39, 0.29) is 17.7 Å². The highest BCUT2D eigenvalue weighted by Gasteiger charge is 2.52. The number of fused-ring (bicyclic) bond motifs is 2. The summed E-state index contributed by atoms with van der Waals surface area (Å²) >= 11 is 0. The molecule has 6 heteroatoms. The summed E-state index contributed by atoms with van der Waals surface area (Å²) < 4.78 is 5.28. The van der Waals surface area contributed by atoms with Gasteiger partial charge < -0.3 is 19.6 Å². The van der Waals surface area contributed by atoms with Crippen LogP contribution in [0.1, 0.15) is 6.42 Å². The fourth-order valence-corrected chi connectivity index (χ4v) is 4.70. The normalized spacial score (nSPS) is 29.9. The highest BCUT2D eigenvalue weighted by molar-refractivity contribution is 5.87. The van der Waals surface area contributed by atoms with E-state index in [0.29, 0.717) is 13.1 Å². The third-order valence-electron chi connectivity index (χ3n) is 6.04. The molecule has 1 saturated heterocycles. The van der Waals surface area contributed by atoms with Gasteiger partial charge in [0.25, 0.3) is 0 Å². The van der Waals surface area contributed by atoms with Crippen LogP contribution in [0.25, 0.3) is 0 Å². The number of anilines is 1. The molecule has 0 unspecified atom stereocenters. The van der Waals surface area contributed by atoms with Crippen LogP contribution in [0.2, 0.25) is 0 Å². The first-order valence-corrected chi connectivity index (χ1v) is 9.17. The van der Waals surface area contributed by atoms with E-state index in [1.165, 1.54) is 0 Å². The van der Waals surface area contributed by atoms with Crippen molar-refractivity contribution in [2.24, 2.45) is 23.7 Å². The smallest absolute Gasteiger partial charge is 0.307 e. The highest BCUT2D eigenvalue weighted by Crippen LogP contribution is 2.48. The molecule has 1 aromatic rings. The zero-order chi connectivity index (χ0) is 18.3. The van der Waals surface area contributed by atoms with Gasteiger partial charge in [-0.2, -0.15) is 0 Å². The predicted molar refractivity (Wildman–Crippen MR) is 97.1 cm³/mol. The predicted octanol–water partition coefficient (Wildman–Crippen LogP) is 1.87. The van der Waals surface area contributed by atoms with Gasteiger partial charge in [-0.1, -0.05) is 18.2 Å². The number of nitrogens with zero attached hydrogens (tertiary/aromatic N) is 2. The molecule has 1 N–H and O–H groups in total. The number of hydrogen-bond donors (Lipinski definition) is 1. The maximum Gasteiger partial charge on any atom is 0.307 e. The van der Waals surface area contributed by atoms with Crippen LogP contribution in [0.3, 0.4) is 0 Å². The Balaban J connectivity index is 1.42. The molecule has 26 heavy (non-hydrogen) atoms. The van der Waals surface area contributed by atoms with Crippen molar-refractivity contribution in [2.75, 3.05) is 38.2 Å². The molecule has 0 aromatic heterocycles. The lowest BCUT2D eigenvalue weighted by Crippen LogP contribution is -2.52. The van der Waals surface area contributed by atoms with E-state index in [1.807, 2.05) is 41.3 Å². The topological polar surface area (TPSA) is 70.1 Å². The Labute approximate surface area is 153 Å². The number of carboxylic acid groups (broad SMARTS) is 1. The van der Waals surface area contributed by atoms with E-state index in [9.17, 15) is 14.7 Å². The molecule has 0 spiro atoms. The number of aliphatic carboxylic acids is 1. The van der Waals surface area contributed by atoms with Crippen molar-refractivity contribution in [3.8, 4) is 5.75 Å². The minimum absolute atomic E-state index is 0.0135. The summed E-state index contributed by atoms with van der Waals surface area (Å²) in [5, 5.41) is 9.57. The van der Waals surface area contributed by atoms with Crippen molar-refractivity contribution >= 4 is 17.6 Å². The molecule has 2 aliphatic carbocycles. The van der Waals surface area contributed by atoms with Crippen LogP contribution in [-0.2, 0) is 9.59 Å². The number of allylic oxidation sites excluding steroid dienone is 2. The summed E-state index contributed by atoms with van der Waals surface area (Å²) in [6.07, 6.45) is 4.82. The van der Waals surface area contributed by atoms with Gasteiger partial charge in [0.15, 0.2) is 0 Å². The molecule has 3 aliphatic rings. The van der Waals surface area contributed by atoms with Gasteiger partial charge in [-0.25, -0.2) is 0 Å². The van der Waals surface area contributed by atoms with Gasteiger partial charge in [-0.3, -0.25) is 9.59 Å². The lowest BCUT2D eigenvalue weighted by molar-refractivity contribution is -0.151. The molecule has 1 heterocycles. The number of piperazine rings is 1. The number of carbonyl (C=O) groups is 2. The number of hydrogen-bond acceptors (Lipinski definition) is 4. The minimum Gasteiger partial charge on any atom is -0.497 e. The van der Waals surface area contributed by atoms with E-state index in [0.717, 1.165) is 30.9 Å². The van der Waals surface area contributed by atoms with Crippen molar-refractivity contribution in [1.82, 2.24) is 4.90 Å². The first kappa shape index (κ1) is 16.9. The lowest BCUT2D eigenvalue weighted by atomic mass is 9.82. The summed E-state index contributed by atoms with van der Waals surface area (Å²) in [7, 11) is 1.65. The van der Waals surface area contributed by atoms with Crippen LogP contribution < -0.4 is 9.64 Å². The summed E-state index contributed by atoms with van der Waals surface area (Å²) in [6, 6.07) is 7.92. The van der Waals surface area contributed by atoms with Crippen LogP contribution in [0.4, 0.5) is 5.69 Å². The van der Waals surface area contributed by atoms with Crippen molar-refractivity contribution in [1.29, 1.82) is 0 Å². The minimum atomic E-state index is -0.838. The van der Waals surface area contributed by atoms with E-state index < -0.39 is 17.8 Å². The molecule has 138 valence electrons. The second-order valence-electron chi connectivity index (χ2n) is 7.35. The number of benzene rings is 1. The Morgan fingerprint density at radius 3 is 2.42 bits per heavy atom. The molecule has 1 aromatic carbocycles. The summed E-state index contributed by atoms with van der Waals surface area (Å²) in [4.78, 5) is 28.8. The van der Waals surface area contributed by atoms with Crippen LogP contribution in [0, 0.1) is 23.7 Å². The van der Waals surface area contributed by atoms with Gasteiger partial charge in [0.2, 0.25) is 5.91 Å². The molecule has 6 nitrogen and oxygen atoms in total. The van der Waals surface area contributed by atoms with Gasteiger partial charge in [-0.15, -0.1) is 0 Å². The number of carboxylic acids is 1. The van der Waals surface area contributed by atoms with Gasteiger partial charge in [0, 0.05) is 37.9 Å². The van der Waals surface area contributed by atoms with E-state index in [4.69, 9.17) is 4.74 Å². The van der Waals surface area contributed by atoms with Gasteiger partial charge in [-0.05, 0) is 30.4 Å². The lowest BCUT2D eigenvalue weighted by Gasteiger charge is -2.38. The molecule has 2 bridgehead atoms. The van der Waals surface area contributed by atoms with E-state index in [1.54, 1.807) is 7.11 Å². The fourth-order valence-electron chi connectivity index (χ4n) is 4.70. The molecule has 1 saturated carbocycles. The Hall–Kier alpha value is -2.50. The Morgan fingerprint density at radius 2 is 1.77 bits per heavy atom. The monoisotopic (exact) mass is 356 g/mol. The van der Waals surface area contributed by atoms with Gasteiger partial charge >= 0.3 is 5.97 Å². The molecule has 1 aliphatic heterocycles. The Bertz CT molecular complexity index is 739.